The lowest BCUT2D eigenvalue weighted by molar-refractivity contribution is 0.281. The predicted octanol–water partition coefficient (Wildman–Crippen LogP) is 4.38. The van der Waals surface area contributed by atoms with Gasteiger partial charge in [0.2, 0.25) is 5.95 Å². The first-order valence-corrected chi connectivity index (χ1v) is 8.70. The summed E-state index contributed by atoms with van der Waals surface area (Å²) in [4.78, 5) is 13.2. The molecule has 0 saturated carbocycles. The number of hydrogen-bond donors (Lipinski definition) is 3. The Morgan fingerprint density at radius 2 is 1.92 bits per heavy atom. The third-order valence-corrected chi connectivity index (χ3v) is 4.06. The number of nitrogens with zero attached hydrogens (tertiary/aromatic N) is 3. The number of hydrogen-bond acceptors (Lipinski definition) is 6. The van der Waals surface area contributed by atoms with Gasteiger partial charge in [0.25, 0.3) is 0 Å². The Bertz CT molecular complexity index is 892. The van der Waals surface area contributed by atoms with E-state index in [0.29, 0.717) is 38.9 Å². The average Bonchev–Trinajstić information content (AvgIpc) is 2.65. The van der Waals surface area contributed by atoms with Crippen LogP contribution in [0.1, 0.15) is 6.92 Å². The van der Waals surface area contributed by atoms with Crippen LogP contribution < -0.4 is 10.6 Å². The van der Waals surface area contributed by atoms with Gasteiger partial charge in [-0.2, -0.15) is 4.98 Å². The Hall–Kier alpha value is -2.41. The summed E-state index contributed by atoms with van der Waals surface area (Å²) in [5, 5.41) is 16.6. The molecule has 0 bridgehead atoms. The standard InChI is InChI=1S/C18H17Cl2N5O/c1-11(10-26)22-18-24-16(14-4-2-3-7-21-14)9-17(25-18)23-15-8-12(19)5-6-13(15)20/h2-9,11,26H,10H2,1H3,(H2,22,23,24,25)/t11-/m0/s1. The average molecular weight is 390 g/mol. The highest BCUT2D eigenvalue weighted by molar-refractivity contribution is 6.35. The van der Waals surface area contributed by atoms with Crippen molar-refractivity contribution >= 4 is 40.7 Å². The first-order chi connectivity index (χ1) is 12.5. The van der Waals surface area contributed by atoms with E-state index in [4.69, 9.17) is 23.2 Å². The summed E-state index contributed by atoms with van der Waals surface area (Å²) < 4.78 is 0. The van der Waals surface area contributed by atoms with Gasteiger partial charge in [-0.1, -0.05) is 29.3 Å². The molecular weight excluding hydrogens is 373 g/mol. The maximum Gasteiger partial charge on any atom is 0.225 e. The fourth-order valence-electron chi connectivity index (χ4n) is 2.22. The molecule has 0 radical (unpaired) electrons. The second kappa shape index (κ2) is 8.31. The van der Waals surface area contributed by atoms with Crippen molar-refractivity contribution in [3.8, 4) is 11.4 Å². The Morgan fingerprint density at radius 1 is 1.08 bits per heavy atom. The quantitative estimate of drug-likeness (QED) is 0.579. The summed E-state index contributed by atoms with van der Waals surface area (Å²) in [6.45, 7) is 1.79. The van der Waals surface area contributed by atoms with Crippen LogP contribution in [0.2, 0.25) is 10.0 Å². The molecule has 0 amide bonds. The number of benzene rings is 1. The molecule has 2 heterocycles. The van der Waals surface area contributed by atoms with Crippen molar-refractivity contribution in [3.63, 3.8) is 0 Å². The summed E-state index contributed by atoms with van der Waals surface area (Å²) >= 11 is 12.3. The molecule has 6 nitrogen and oxygen atoms in total. The molecule has 0 spiro atoms. The van der Waals surface area contributed by atoms with Gasteiger partial charge in [-0.25, -0.2) is 4.98 Å². The van der Waals surface area contributed by atoms with E-state index in [2.05, 4.69) is 25.6 Å². The van der Waals surface area contributed by atoms with Gasteiger partial charge in [-0.15, -0.1) is 0 Å². The zero-order chi connectivity index (χ0) is 18.5. The zero-order valence-corrected chi connectivity index (χ0v) is 15.5. The minimum absolute atomic E-state index is 0.0416. The van der Waals surface area contributed by atoms with Gasteiger partial charge in [-0.05, 0) is 37.3 Å². The van der Waals surface area contributed by atoms with Crippen molar-refractivity contribution in [2.24, 2.45) is 0 Å². The molecule has 1 aromatic carbocycles. The van der Waals surface area contributed by atoms with E-state index in [9.17, 15) is 5.11 Å². The SMILES string of the molecule is C[C@@H](CO)Nc1nc(Nc2cc(Cl)ccc2Cl)cc(-c2ccccn2)n1. The van der Waals surface area contributed by atoms with Crippen molar-refractivity contribution in [2.75, 3.05) is 17.2 Å². The number of pyridine rings is 1. The van der Waals surface area contributed by atoms with Crippen molar-refractivity contribution < 1.29 is 5.11 Å². The molecule has 8 heteroatoms. The van der Waals surface area contributed by atoms with Crippen LogP contribution in [0, 0.1) is 0 Å². The fourth-order valence-corrected chi connectivity index (χ4v) is 2.56. The maximum absolute atomic E-state index is 9.28. The highest BCUT2D eigenvalue weighted by Gasteiger charge is 2.11. The van der Waals surface area contributed by atoms with Crippen LogP contribution in [0.5, 0.6) is 0 Å². The van der Waals surface area contributed by atoms with Crippen molar-refractivity contribution in [1.82, 2.24) is 15.0 Å². The van der Waals surface area contributed by atoms with Gasteiger partial charge >= 0.3 is 0 Å². The first kappa shape index (κ1) is 18.4. The molecular formula is C18H17Cl2N5O. The Labute approximate surface area is 161 Å². The minimum atomic E-state index is -0.198. The molecule has 134 valence electrons. The number of rotatable bonds is 6. The molecule has 3 rings (SSSR count). The highest BCUT2D eigenvalue weighted by atomic mass is 35.5. The topological polar surface area (TPSA) is 83.0 Å². The van der Waals surface area contributed by atoms with Crippen molar-refractivity contribution in [1.29, 1.82) is 0 Å². The lowest BCUT2D eigenvalue weighted by Gasteiger charge is -2.14. The van der Waals surface area contributed by atoms with E-state index in [1.807, 2.05) is 25.1 Å². The van der Waals surface area contributed by atoms with E-state index in [1.54, 1.807) is 30.5 Å². The largest absolute Gasteiger partial charge is 0.394 e. The predicted molar refractivity (Wildman–Crippen MR) is 105 cm³/mol. The number of aromatic nitrogens is 3. The van der Waals surface area contributed by atoms with Crippen LogP contribution in [0.15, 0.2) is 48.7 Å². The number of nitrogens with one attached hydrogen (secondary N) is 2. The van der Waals surface area contributed by atoms with E-state index < -0.39 is 0 Å². The number of anilines is 3. The number of aliphatic hydroxyl groups is 1. The fraction of sp³-hybridized carbons (Fsp3) is 0.167. The van der Waals surface area contributed by atoms with Crippen LogP contribution in [-0.4, -0.2) is 32.7 Å². The van der Waals surface area contributed by atoms with Gasteiger partial charge in [0, 0.05) is 23.3 Å². The van der Waals surface area contributed by atoms with E-state index in [0.717, 1.165) is 0 Å². The van der Waals surface area contributed by atoms with Crippen molar-refractivity contribution in [2.45, 2.75) is 13.0 Å². The van der Waals surface area contributed by atoms with Crippen molar-refractivity contribution in [3.05, 3.63) is 58.7 Å². The lowest BCUT2D eigenvalue weighted by atomic mass is 10.2. The Balaban J connectivity index is 2.00. The van der Waals surface area contributed by atoms with Crippen LogP contribution in [0.4, 0.5) is 17.5 Å². The normalized spacial score (nSPS) is 11.8. The molecule has 3 aromatic rings. The summed E-state index contributed by atoms with van der Waals surface area (Å²) in [6.07, 6.45) is 1.70. The second-order valence-corrected chi connectivity index (χ2v) is 6.50. The molecule has 2 aromatic heterocycles. The molecule has 0 unspecified atom stereocenters. The van der Waals surface area contributed by atoms with Crippen LogP contribution in [-0.2, 0) is 0 Å². The van der Waals surface area contributed by atoms with Gasteiger partial charge < -0.3 is 15.7 Å². The highest BCUT2D eigenvalue weighted by Crippen LogP contribution is 2.29. The van der Waals surface area contributed by atoms with Gasteiger partial charge in [0.1, 0.15) is 5.82 Å². The second-order valence-electron chi connectivity index (χ2n) is 5.65. The van der Waals surface area contributed by atoms with Crippen LogP contribution in [0.25, 0.3) is 11.4 Å². The Morgan fingerprint density at radius 3 is 2.65 bits per heavy atom. The van der Waals surface area contributed by atoms with Crippen LogP contribution >= 0.6 is 23.2 Å². The molecule has 0 aliphatic heterocycles. The smallest absolute Gasteiger partial charge is 0.225 e. The monoisotopic (exact) mass is 389 g/mol. The summed E-state index contributed by atoms with van der Waals surface area (Å²) in [5.41, 5.74) is 1.97. The molecule has 3 N–H and O–H groups in total. The van der Waals surface area contributed by atoms with Gasteiger partial charge in [-0.3, -0.25) is 4.98 Å². The zero-order valence-electron chi connectivity index (χ0n) is 13.9. The maximum atomic E-state index is 9.28. The molecule has 0 aliphatic rings. The lowest BCUT2D eigenvalue weighted by Crippen LogP contribution is -2.21. The third-order valence-electron chi connectivity index (χ3n) is 3.49. The molecule has 0 saturated heterocycles. The molecule has 0 fully saturated rings. The summed E-state index contributed by atoms with van der Waals surface area (Å²) in [6, 6.07) is 12.3. The van der Waals surface area contributed by atoms with Gasteiger partial charge in [0.15, 0.2) is 0 Å². The minimum Gasteiger partial charge on any atom is -0.394 e. The molecule has 26 heavy (non-hydrogen) atoms. The molecule has 1 atom stereocenters. The van der Waals surface area contributed by atoms with Gasteiger partial charge in [0.05, 0.1) is 28.7 Å². The summed E-state index contributed by atoms with van der Waals surface area (Å²) in [5.74, 6) is 0.896. The van der Waals surface area contributed by atoms with E-state index in [1.165, 1.54) is 0 Å². The number of aliphatic hydroxyl groups excluding tert-OH is 1. The van der Waals surface area contributed by atoms with Crippen LogP contribution in [0.3, 0.4) is 0 Å². The van der Waals surface area contributed by atoms with E-state index >= 15 is 0 Å². The van der Waals surface area contributed by atoms with E-state index in [-0.39, 0.29) is 12.6 Å². The molecule has 0 aliphatic carbocycles. The third kappa shape index (κ3) is 4.60. The first-order valence-electron chi connectivity index (χ1n) is 7.95. The summed E-state index contributed by atoms with van der Waals surface area (Å²) in [7, 11) is 0. The Kier molecular flexibility index (Phi) is 5.88. The number of halogens is 2.